The molecule has 1 fully saturated rings. The molecule has 0 heterocycles. The van der Waals surface area contributed by atoms with E-state index in [2.05, 4.69) is 9.68 Å². The number of carbonyl (C=O) groups excluding carboxylic acids is 2. The Morgan fingerprint density at radius 2 is 1.64 bits per heavy atom. The molecule has 2 amide bonds. The Morgan fingerprint density at radius 1 is 1.12 bits per heavy atom. The molecule has 0 saturated heterocycles. The molecule has 0 aromatic rings. The number of ether oxygens (including phenoxy) is 2. The molecule has 0 aromatic carbocycles. The zero-order valence-corrected chi connectivity index (χ0v) is 16.9. The van der Waals surface area contributed by atoms with Gasteiger partial charge in [-0.1, -0.05) is 6.08 Å². The van der Waals surface area contributed by atoms with Gasteiger partial charge in [-0.25, -0.2) is 13.8 Å². The minimum Gasteiger partial charge on any atom is -0.444 e. The number of hydrogen-bond donors (Lipinski definition) is 1. The highest BCUT2D eigenvalue weighted by atomic mass is 32.2. The minimum atomic E-state index is -2.90. The van der Waals surface area contributed by atoms with Crippen molar-refractivity contribution in [2.45, 2.75) is 71.6 Å². The molecular formula is C17H30N2O5S. The van der Waals surface area contributed by atoms with Gasteiger partial charge in [0, 0.05) is 11.7 Å². The van der Waals surface area contributed by atoms with Crippen molar-refractivity contribution in [2.24, 2.45) is 10.3 Å². The van der Waals surface area contributed by atoms with Crippen molar-refractivity contribution in [3.63, 3.8) is 0 Å². The first-order valence-corrected chi connectivity index (χ1v) is 10.3. The van der Waals surface area contributed by atoms with Crippen LogP contribution in [-0.2, 0) is 19.2 Å². The van der Waals surface area contributed by atoms with Crippen molar-refractivity contribution in [3.05, 3.63) is 11.5 Å². The highest BCUT2D eigenvalue weighted by Gasteiger charge is 2.32. The molecule has 1 aliphatic rings. The second-order valence-corrected chi connectivity index (χ2v) is 10.4. The normalized spacial score (nSPS) is 19.0. The quantitative estimate of drug-likeness (QED) is 0.807. The van der Waals surface area contributed by atoms with Crippen LogP contribution in [0.4, 0.5) is 9.59 Å². The van der Waals surface area contributed by atoms with Crippen LogP contribution in [0.5, 0.6) is 0 Å². The SMILES string of the molecule is CC(C)(C)OC(=O)N=S(C)(=O)/C=C/C(NC(=O)OC(C)(C)C)C1CC1. The van der Waals surface area contributed by atoms with Gasteiger partial charge >= 0.3 is 12.2 Å². The average Bonchev–Trinajstić information content (AvgIpc) is 3.12. The Labute approximate surface area is 150 Å². The number of nitrogens with zero attached hydrogens (tertiary/aromatic N) is 1. The van der Waals surface area contributed by atoms with Crippen LogP contribution < -0.4 is 5.32 Å². The molecule has 0 radical (unpaired) electrons. The molecule has 1 rings (SSSR count). The van der Waals surface area contributed by atoms with Crippen molar-refractivity contribution in [1.29, 1.82) is 0 Å². The number of nitrogens with one attached hydrogen (secondary N) is 1. The maximum atomic E-state index is 12.4. The molecule has 0 aromatic heterocycles. The molecule has 25 heavy (non-hydrogen) atoms. The summed E-state index contributed by atoms with van der Waals surface area (Å²) >= 11 is 0. The standard InChI is InChI=1S/C17H30N2O5S/c1-16(2,3)23-14(20)18-13(12-8-9-12)10-11-25(7,22)19-15(21)24-17(4,5)6/h10-13H,8-9H2,1-7H3,(H,18,20)/b11-10+. The molecule has 1 saturated carbocycles. The van der Waals surface area contributed by atoms with Crippen LogP contribution in [0.3, 0.4) is 0 Å². The van der Waals surface area contributed by atoms with E-state index in [1.165, 1.54) is 11.7 Å². The third-order valence-electron chi connectivity index (χ3n) is 3.00. The molecule has 7 nitrogen and oxygen atoms in total. The Bertz CT molecular complexity index is 645. The Balaban J connectivity index is 2.78. The van der Waals surface area contributed by atoms with E-state index in [0.29, 0.717) is 0 Å². The third kappa shape index (κ3) is 10.1. The lowest BCUT2D eigenvalue weighted by molar-refractivity contribution is 0.0508. The van der Waals surface area contributed by atoms with Gasteiger partial charge < -0.3 is 14.8 Å². The van der Waals surface area contributed by atoms with Crippen molar-refractivity contribution in [2.75, 3.05) is 6.26 Å². The highest BCUT2D eigenvalue weighted by Crippen LogP contribution is 2.33. The summed E-state index contributed by atoms with van der Waals surface area (Å²) in [5.41, 5.74) is -1.29. The number of carbonyl (C=O) groups is 2. The first-order chi connectivity index (χ1) is 11.2. The zero-order valence-electron chi connectivity index (χ0n) is 16.1. The van der Waals surface area contributed by atoms with Gasteiger partial charge in [-0.3, -0.25) is 0 Å². The van der Waals surface area contributed by atoms with Crippen LogP contribution in [0.25, 0.3) is 0 Å². The van der Waals surface area contributed by atoms with Gasteiger partial charge in [0.05, 0.1) is 15.8 Å². The monoisotopic (exact) mass is 374 g/mol. The van der Waals surface area contributed by atoms with Crippen LogP contribution in [0.2, 0.25) is 0 Å². The Kier molecular flexibility index (Phi) is 6.67. The number of hydrogen-bond acceptors (Lipinski definition) is 5. The Morgan fingerprint density at radius 3 is 2.08 bits per heavy atom. The maximum Gasteiger partial charge on any atom is 0.442 e. The van der Waals surface area contributed by atoms with E-state index in [9.17, 15) is 13.8 Å². The maximum absolute atomic E-state index is 12.4. The lowest BCUT2D eigenvalue weighted by Crippen LogP contribution is -2.39. The van der Waals surface area contributed by atoms with E-state index in [1.54, 1.807) is 47.6 Å². The van der Waals surface area contributed by atoms with Gasteiger partial charge in [0.1, 0.15) is 11.2 Å². The number of alkyl carbamates (subject to hydrolysis) is 1. The largest absolute Gasteiger partial charge is 0.444 e. The summed E-state index contributed by atoms with van der Waals surface area (Å²) in [5.74, 6) is 0.278. The lowest BCUT2D eigenvalue weighted by Gasteiger charge is -2.22. The molecule has 8 heteroatoms. The van der Waals surface area contributed by atoms with Gasteiger partial charge in [0.15, 0.2) is 0 Å². The molecule has 2 unspecified atom stereocenters. The fraction of sp³-hybridized carbons (Fsp3) is 0.765. The predicted octanol–water partition coefficient (Wildman–Crippen LogP) is 3.84. The molecular weight excluding hydrogens is 344 g/mol. The second kappa shape index (κ2) is 7.76. The molecule has 0 aliphatic heterocycles. The molecule has 0 spiro atoms. The van der Waals surface area contributed by atoms with Crippen molar-refractivity contribution >= 4 is 21.9 Å². The molecule has 2 atom stereocenters. The molecule has 144 valence electrons. The second-order valence-electron chi connectivity index (χ2n) is 8.27. The minimum absolute atomic E-state index is 0.278. The summed E-state index contributed by atoms with van der Waals surface area (Å²) in [6, 6.07) is -0.301. The van der Waals surface area contributed by atoms with Gasteiger partial charge in [-0.2, -0.15) is 0 Å². The molecule has 1 N–H and O–H groups in total. The first-order valence-electron chi connectivity index (χ1n) is 8.30. The van der Waals surface area contributed by atoms with Gasteiger partial charge in [0.2, 0.25) is 0 Å². The fourth-order valence-electron chi connectivity index (χ4n) is 1.91. The lowest BCUT2D eigenvalue weighted by atomic mass is 10.2. The summed E-state index contributed by atoms with van der Waals surface area (Å²) in [5, 5.41) is 4.13. The van der Waals surface area contributed by atoms with E-state index in [0.717, 1.165) is 12.8 Å². The van der Waals surface area contributed by atoms with Gasteiger partial charge in [-0.05, 0) is 60.3 Å². The smallest absolute Gasteiger partial charge is 0.442 e. The van der Waals surface area contributed by atoms with Crippen molar-refractivity contribution in [1.82, 2.24) is 5.32 Å². The van der Waals surface area contributed by atoms with E-state index in [-0.39, 0.29) is 12.0 Å². The van der Waals surface area contributed by atoms with Crippen LogP contribution in [0.1, 0.15) is 54.4 Å². The van der Waals surface area contributed by atoms with Crippen LogP contribution >= 0.6 is 0 Å². The highest BCUT2D eigenvalue weighted by molar-refractivity contribution is 7.96. The van der Waals surface area contributed by atoms with E-state index in [1.807, 2.05) is 0 Å². The summed E-state index contributed by atoms with van der Waals surface area (Å²) in [6.07, 6.45) is 3.52. The Hall–Kier alpha value is -1.57. The topological polar surface area (TPSA) is 94.1 Å². The van der Waals surface area contributed by atoms with Crippen LogP contribution in [0, 0.1) is 5.92 Å². The van der Waals surface area contributed by atoms with Crippen molar-refractivity contribution in [3.8, 4) is 0 Å². The molecule has 0 bridgehead atoms. The molecule has 1 aliphatic carbocycles. The van der Waals surface area contributed by atoms with Crippen LogP contribution in [-0.4, -0.2) is 39.9 Å². The summed E-state index contributed by atoms with van der Waals surface area (Å²) in [4.78, 5) is 23.6. The summed E-state index contributed by atoms with van der Waals surface area (Å²) < 4.78 is 26.4. The van der Waals surface area contributed by atoms with Gasteiger partial charge in [-0.15, -0.1) is 4.36 Å². The van der Waals surface area contributed by atoms with E-state index < -0.39 is 33.1 Å². The predicted molar refractivity (Wildman–Crippen MR) is 97.8 cm³/mol. The first kappa shape index (κ1) is 21.5. The third-order valence-corrected chi connectivity index (χ3v) is 4.17. The summed E-state index contributed by atoms with van der Waals surface area (Å²) in [6.45, 7) is 10.5. The van der Waals surface area contributed by atoms with Crippen molar-refractivity contribution < 1.29 is 23.3 Å². The van der Waals surface area contributed by atoms with Gasteiger partial charge in [0.25, 0.3) is 0 Å². The fourth-order valence-corrected chi connectivity index (χ4v) is 2.77. The van der Waals surface area contributed by atoms with E-state index in [4.69, 9.17) is 9.47 Å². The zero-order chi connectivity index (χ0) is 19.5. The van der Waals surface area contributed by atoms with E-state index >= 15 is 0 Å². The number of amides is 2. The van der Waals surface area contributed by atoms with Crippen LogP contribution in [0.15, 0.2) is 15.8 Å². The summed E-state index contributed by atoms with van der Waals surface area (Å²) in [7, 11) is -2.90. The average molecular weight is 375 g/mol. The number of rotatable bonds is 4.